The zero-order chi connectivity index (χ0) is 21.7. The minimum absolute atomic E-state index is 0.0631. The maximum Gasteiger partial charge on any atom is 0.306 e. The lowest BCUT2D eigenvalue weighted by Crippen LogP contribution is -2.28. The molecule has 0 aromatic rings. The van der Waals surface area contributed by atoms with Crippen LogP contribution >= 0.6 is 0 Å². The van der Waals surface area contributed by atoms with E-state index in [4.69, 9.17) is 9.47 Å². The summed E-state index contributed by atoms with van der Waals surface area (Å²) in [5.41, 5.74) is 0. The molecular formula is C24H46O5. The molecule has 0 aliphatic heterocycles. The average molecular weight is 415 g/mol. The van der Waals surface area contributed by atoms with Crippen molar-refractivity contribution in [3.05, 3.63) is 0 Å². The standard InChI is InChI=1S/C24H46O5/c1-4-5-6-10-14-17-23(26)28-20-22(19-25)29-24(27)18-15-12-9-7-8-11-13-16-21(2)3/h21-22,25H,4-20H2,1-3H3/t22-/m0/s1. The van der Waals surface area contributed by atoms with Crippen LogP contribution in [-0.2, 0) is 19.1 Å². The van der Waals surface area contributed by atoms with Crippen LogP contribution in [0, 0.1) is 5.92 Å². The third kappa shape index (κ3) is 20.0. The molecule has 0 amide bonds. The van der Waals surface area contributed by atoms with Gasteiger partial charge in [-0.3, -0.25) is 9.59 Å². The Labute approximate surface area is 178 Å². The average Bonchev–Trinajstić information content (AvgIpc) is 2.69. The molecule has 0 fully saturated rings. The number of hydrogen-bond acceptors (Lipinski definition) is 5. The number of carbonyl (C=O) groups excluding carboxylic acids is 2. The van der Waals surface area contributed by atoms with E-state index in [1.165, 1.54) is 44.9 Å². The number of aliphatic hydroxyl groups excluding tert-OH is 1. The Morgan fingerprint density at radius 1 is 0.759 bits per heavy atom. The lowest BCUT2D eigenvalue weighted by atomic mass is 10.0. The molecule has 172 valence electrons. The van der Waals surface area contributed by atoms with Crippen LogP contribution in [0.5, 0.6) is 0 Å². The van der Waals surface area contributed by atoms with Gasteiger partial charge in [0.15, 0.2) is 6.10 Å². The molecule has 0 heterocycles. The van der Waals surface area contributed by atoms with Gasteiger partial charge in [-0.1, -0.05) is 91.4 Å². The molecular weight excluding hydrogens is 368 g/mol. The molecule has 1 atom stereocenters. The number of ether oxygens (including phenoxy) is 2. The van der Waals surface area contributed by atoms with E-state index < -0.39 is 6.10 Å². The van der Waals surface area contributed by atoms with Crippen molar-refractivity contribution in [2.24, 2.45) is 5.92 Å². The lowest BCUT2D eigenvalue weighted by molar-refractivity contribution is -0.161. The summed E-state index contributed by atoms with van der Waals surface area (Å²) in [6, 6.07) is 0. The normalized spacial score (nSPS) is 12.2. The summed E-state index contributed by atoms with van der Waals surface area (Å²) in [6.07, 6.45) is 14.7. The van der Waals surface area contributed by atoms with Crippen molar-refractivity contribution in [1.82, 2.24) is 0 Å². The second kappa shape index (κ2) is 20.2. The summed E-state index contributed by atoms with van der Waals surface area (Å²) in [5, 5.41) is 9.34. The van der Waals surface area contributed by atoms with Crippen molar-refractivity contribution in [1.29, 1.82) is 0 Å². The second-order valence-corrected chi connectivity index (χ2v) is 8.55. The molecule has 1 N–H and O–H groups in total. The van der Waals surface area contributed by atoms with Crippen LogP contribution in [0.2, 0.25) is 0 Å². The first-order chi connectivity index (χ1) is 14.0. The second-order valence-electron chi connectivity index (χ2n) is 8.55. The fraction of sp³-hybridized carbons (Fsp3) is 0.917. The van der Waals surface area contributed by atoms with E-state index in [1.54, 1.807) is 0 Å². The van der Waals surface area contributed by atoms with E-state index in [0.29, 0.717) is 12.8 Å². The van der Waals surface area contributed by atoms with Gasteiger partial charge in [-0.2, -0.15) is 0 Å². The van der Waals surface area contributed by atoms with Crippen molar-refractivity contribution in [2.75, 3.05) is 13.2 Å². The molecule has 29 heavy (non-hydrogen) atoms. The smallest absolute Gasteiger partial charge is 0.306 e. The summed E-state index contributed by atoms with van der Waals surface area (Å²) in [4.78, 5) is 23.6. The first-order valence-electron chi connectivity index (χ1n) is 12.0. The number of unbranched alkanes of at least 4 members (excludes halogenated alkanes) is 10. The molecule has 0 saturated carbocycles. The number of carbonyl (C=O) groups is 2. The fourth-order valence-corrected chi connectivity index (χ4v) is 3.21. The molecule has 0 aromatic heterocycles. The van der Waals surface area contributed by atoms with E-state index in [1.807, 2.05) is 0 Å². The predicted octanol–water partition coefficient (Wildman–Crippen LogP) is 5.96. The molecule has 0 saturated heterocycles. The van der Waals surface area contributed by atoms with Gasteiger partial charge in [0.05, 0.1) is 6.61 Å². The number of hydrogen-bond donors (Lipinski definition) is 1. The highest BCUT2D eigenvalue weighted by molar-refractivity contribution is 5.70. The molecule has 0 rings (SSSR count). The Morgan fingerprint density at radius 2 is 1.28 bits per heavy atom. The molecule has 0 spiro atoms. The van der Waals surface area contributed by atoms with Crippen LogP contribution in [-0.4, -0.2) is 36.4 Å². The first kappa shape index (κ1) is 27.9. The highest BCUT2D eigenvalue weighted by Gasteiger charge is 2.16. The van der Waals surface area contributed by atoms with Crippen LogP contribution in [0.25, 0.3) is 0 Å². The van der Waals surface area contributed by atoms with Crippen molar-refractivity contribution >= 4 is 11.9 Å². The molecule has 0 radical (unpaired) electrons. The topological polar surface area (TPSA) is 72.8 Å². The van der Waals surface area contributed by atoms with Crippen LogP contribution in [0.4, 0.5) is 0 Å². The van der Waals surface area contributed by atoms with Gasteiger partial charge in [0.25, 0.3) is 0 Å². The SMILES string of the molecule is CCCCCCCC(=O)OC[C@H](CO)OC(=O)CCCCCCCCCC(C)C. The summed E-state index contributed by atoms with van der Waals surface area (Å²) in [7, 11) is 0. The molecule has 0 bridgehead atoms. The molecule has 0 aromatic carbocycles. The Bertz CT molecular complexity index is 395. The van der Waals surface area contributed by atoms with E-state index in [0.717, 1.165) is 44.4 Å². The van der Waals surface area contributed by atoms with Gasteiger partial charge in [0, 0.05) is 12.8 Å². The first-order valence-corrected chi connectivity index (χ1v) is 12.0. The molecule has 0 aliphatic rings. The van der Waals surface area contributed by atoms with Crippen molar-refractivity contribution in [2.45, 2.75) is 123 Å². The minimum Gasteiger partial charge on any atom is -0.462 e. The Morgan fingerprint density at radius 3 is 1.83 bits per heavy atom. The molecule has 5 nitrogen and oxygen atoms in total. The van der Waals surface area contributed by atoms with Gasteiger partial charge in [0.2, 0.25) is 0 Å². The number of aliphatic hydroxyl groups is 1. The zero-order valence-electron chi connectivity index (χ0n) is 19.3. The summed E-state index contributed by atoms with van der Waals surface area (Å²) in [5.74, 6) is 0.184. The van der Waals surface area contributed by atoms with E-state index in [9.17, 15) is 14.7 Å². The lowest BCUT2D eigenvalue weighted by Gasteiger charge is -2.15. The third-order valence-electron chi connectivity index (χ3n) is 5.08. The van der Waals surface area contributed by atoms with Crippen LogP contribution < -0.4 is 0 Å². The van der Waals surface area contributed by atoms with Crippen molar-refractivity contribution in [3.8, 4) is 0 Å². The Hall–Kier alpha value is -1.10. The van der Waals surface area contributed by atoms with Gasteiger partial charge in [-0.15, -0.1) is 0 Å². The van der Waals surface area contributed by atoms with Crippen LogP contribution in [0.15, 0.2) is 0 Å². The van der Waals surface area contributed by atoms with E-state index in [2.05, 4.69) is 20.8 Å². The third-order valence-corrected chi connectivity index (χ3v) is 5.08. The quantitative estimate of drug-likeness (QED) is 0.196. The molecule has 0 unspecified atom stereocenters. The minimum atomic E-state index is -0.757. The predicted molar refractivity (Wildman–Crippen MR) is 118 cm³/mol. The van der Waals surface area contributed by atoms with Crippen molar-refractivity contribution in [3.63, 3.8) is 0 Å². The van der Waals surface area contributed by atoms with Gasteiger partial charge < -0.3 is 14.6 Å². The van der Waals surface area contributed by atoms with Crippen LogP contribution in [0.3, 0.4) is 0 Å². The highest BCUT2D eigenvalue weighted by Crippen LogP contribution is 2.13. The Balaban J connectivity index is 3.65. The van der Waals surface area contributed by atoms with Gasteiger partial charge >= 0.3 is 11.9 Å². The molecule has 0 aliphatic carbocycles. The van der Waals surface area contributed by atoms with E-state index >= 15 is 0 Å². The number of esters is 2. The summed E-state index contributed by atoms with van der Waals surface area (Å²) >= 11 is 0. The van der Waals surface area contributed by atoms with Gasteiger partial charge in [-0.25, -0.2) is 0 Å². The van der Waals surface area contributed by atoms with E-state index in [-0.39, 0.29) is 25.2 Å². The zero-order valence-corrected chi connectivity index (χ0v) is 19.3. The van der Waals surface area contributed by atoms with Gasteiger partial charge in [-0.05, 0) is 18.8 Å². The van der Waals surface area contributed by atoms with Crippen LogP contribution in [0.1, 0.15) is 117 Å². The highest BCUT2D eigenvalue weighted by atomic mass is 16.6. The Kier molecular flexibility index (Phi) is 19.4. The maximum absolute atomic E-state index is 11.9. The van der Waals surface area contributed by atoms with Gasteiger partial charge in [0.1, 0.15) is 6.61 Å². The largest absolute Gasteiger partial charge is 0.462 e. The monoisotopic (exact) mass is 414 g/mol. The number of rotatable bonds is 20. The molecule has 5 heteroatoms. The summed E-state index contributed by atoms with van der Waals surface area (Å²) < 4.78 is 10.4. The maximum atomic E-state index is 11.9. The van der Waals surface area contributed by atoms with Crippen molar-refractivity contribution < 1.29 is 24.2 Å². The summed E-state index contributed by atoms with van der Waals surface area (Å²) in [6.45, 7) is 6.29. The fourth-order valence-electron chi connectivity index (χ4n) is 3.21.